The monoisotopic (exact) mass is 538 g/mol. The van der Waals surface area contributed by atoms with Gasteiger partial charge in [-0.3, -0.25) is 4.90 Å². The van der Waals surface area contributed by atoms with Gasteiger partial charge in [-0.05, 0) is 85.8 Å². The molecule has 1 aliphatic rings. The lowest BCUT2D eigenvalue weighted by Gasteiger charge is -2.42. The third-order valence-electron chi connectivity index (χ3n) is 8.86. The van der Waals surface area contributed by atoms with Crippen LogP contribution in [-0.2, 0) is 5.41 Å². The molecule has 1 aromatic heterocycles. The smallest absolute Gasteiger partial charge is 0.142 e. The summed E-state index contributed by atoms with van der Waals surface area (Å²) >= 11 is 0. The van der Waals surface area contributed by atoms with Gasteiger partial charge in [0.15, 0.2) is 0 Å². The van der Waals surface area contributed by atoms with Crippen LogP contribution in [0.2, 0.25) is 0 Å². The molecule has 0 N–H and O–H groups in total. The molecule has 0 bridgehead atoms. The number of aromatic nitrogens is 1. The molecule has 6 aromatic carbocycles. The largest absolute Gasteiger partial charge is 0.294 e. The predicted octanol–water partition coefficient (Wildman–Crippen LogP) is 10.8. The summed E-state index contributed by atoms with van der Waals surface area (Å²) in [6, 6.07) is 50.4. The van der Waals surface area contributed by atoms with Crippen molar-refractivity contribution in [2.24, 2.45) is 0 Å². The summed E-state index contributed by atoms with van der Waals surface area (Å²) in [4.78, 5) is 7.42. The number of para-hydroxylation sites is 1. The van der Waals surface area contributed by atoms with Gasteiger partial charge in [0.05, 0.1) is 5.69 Å². The average molecular weight is 539 g/mol. The van der Waals surface area contributed by atoms with Crippen molar-refractivity contribution in [2.75, 3.05) is 4.90 Å². The predicted molar refractivity (Wildman–Crippen MR) is 177 cm³/mol. The van der Waals surface area contributed by atoms with Crippen LogP contribution in [0.3, 0.4) is 0 Å². The van der Waals surface area contributed by atoms with E-state index in [4.69, 9.17) is 4.98 Å². The molecule has 0 unspecified atom stereocenters. The molecule has 8 rings (SSSR count). The summed E-state index contributed by atoms with van der Waals surface area (Å²) in [6.07, 6.45) is 1.97. The number of hydrogen-bond donors (Lipinski definition) is 0. The number of benzene rings is 6. The van der Waals surface area contributed by atoms with Crippen LogP contribution >= 0.6 is 0 Å². The lowest BCUT2D eigenvalue weighted by Crippen LogP contribution is -2.32. The maximum Gasteiger partial charge on any atom is 0.142 e. The van der Waals surface area contributed by atoms with E-state index in [-0.39, 0.29) is 5.41 Å². The molecule has 0 amide bonds. The number of fused-ring (bicyclic) bond motifs is 4. The standard InChI is InChI=1S/C40H30N2/c1-40(2)36-26-31(30-20-19-27-11-6-7-13-29(27)25-30)21-22-37(36)42(32-15-4-3-5-16-32)39-38(40)35(23-24-41-39)34-18-10-14-28-12-8-9-17-33(28)34/h3-26H,1-2H3. The number of hydrogen-bond acceptors (Lipinski definition) is 2. The molecule has 0 saturated carbocycles. The Balaban J connectivity index is 1.40. The minimum atomic E-state index is -0.302. The zero-order valence-corrected chi connectivity index (χ0v) is 23.8. The molecule has 2 heterocycles. The van der Waals surface area contributed by atoms with Crippen LogP contribution in [-0.4, -0.2) is 4.98 Å². The minimum absolute atomic E-state index is 0.302. The molecule has 2 heteroatoms. The maximum atomic E-state index is 5.08. The summed E-state index contributed by atoms with van der Waals surface area (Å²) in [5.74, 6) is 0.989. The van der Waals surface area contributed by atoms with Crippen LogP contribution in [0.25, 0.3) is 43.8 Å². The van der Waals surface area contributed by atoms with Gasteiger partial charge in [-0.25, -0.2) is 4.98 Å². The molecule has 42 heavy (non-hydrogen) atoms. The average Bonchev–Trinajstić information content (AvgIpc) is 3.04. The fourth-order valence-electron chi connectivity index (χ4n) is 6.79. The highest BCUT2D eigenvalue weighted by Gasteiger charge is 2.40. The fraction of sp³-hybridized carbons (Fsp3) is 0.0750. The zero-order chi connectivity index (χ0) is 28.3. The Labute approximate surface area is 246 Å². The van der Waals surface area contributed by atoms with Crippen molar-refractivity contribution < 1.29 is 0 Å². The lowest BCUT2D eigenvalue weighted by atomic mass is 9.71. The van der Waals surface area contributed by atoms with Gasteiger partial charge in [-0.2, -0.15) is 0 Å². The van der Waals surface area contributed by atoms with Crippen molar-refractivity contribution in [1.29, 1.82) is 0 Å². The highest BCUT2D eigenvalue weighted by molar-refractivity contribution is 6.00. The summed E-state index contributed by atoms with van der Waals surface area (Å²) in [5, 5.41) is 5.01. The first-order valence-electron chi connectivity index (χ1n) is 14.6. The van der Waals surface area contributed by atoms with Gasteiger partial charge < -0.3 is 0 Å². The van der Waals surface area contributed by atoms with Crippen molar-refractivity contribution in [3.05, 3.63) is 157 Å². The van der Waals surface area contributed by atoms with Crippen LogP contribution in [0.4, 0.5) is 17.2 Å². The SMILES string of the molecule is CC1(C)c2cc(-c3ccc4ccccc4c3)ccc2N(c2ccccc2)c2nccc(-c3cccc4ccccc34)c21. The van der Waals surface area contributed by atoms with E-state index in [9.17, 15) is 0 Å². The molecular formula is C40H30N2. The van der Waals surface area contributed by atoms with Crippen LogP contribution < -0.4 is 4.90 Å². The molecule has 0 radical (unpaired) electrons. The van der Waals surface area contributed by atoms with Crippen LogP contribution in [0.15, 0.2) is 146 Å². The molecule has 1 aliphatic heterocycles. The summed E-state index contributed by atoms with van der Waals surface area (Å²) < 4.78 is 0. The van der Waals surface area contributed by atoms with Gasteiger partial charge in [-0.1, -0.05) is 117 Å². The van der Waals surface area contributed by atoms with Crippen molar-refractivity contribution in [2.45, 2.75) is 19.3 Å². The van der Waals surface area contributed by atoms with Gasteiger partial charge in [0.1, 0.15) is 5.82 Å². The first-order valence-corrected chi connectivity index (χ1v) is 14.6. The Morgan fingerprint density at radius 2 is 1.24 bits per heavy atom. The van der Waals surface area contributed by atoms with E-state index >= 15 is 0 Å². The van der Waals surface area contributed by atoms with E-state index < -0.39 is 0 Å². The van der Waals surface area contributed by atoms with Crippen molar-refractivity contribution in [3.8, 4) is 22.3 Å². The number of rotatable bonds is 3. The van der Waals surface area contributed by atoms with Crippen LogP contribution in [0.1, 0.15) is 25.0 Å². The first kappa shape index (κ1) is 24.6. The van der Waals surface area contributed by atoms with Gasteiger partial charge in [0, 0.05) is 22.9 Å². The van der Waals surface area contributed by atoms with E-state index in [0.717, 1.165) is 11.5 Å². The van der Waals surface area contributed by atoms with Gasteiger partial charge in [0.25, 0.3) is 0 Å². The lowest BCUT2D eigenvalue weighted by molar-refractivity contribution is 0.629. The third kappa shape index (κ3) is 3.76. The first-order chi connectivity index (χ1) is 20.6. The molecule has 0 aliphatic carbocycles. The molecule has 200 valence electrons. The third-order valence-corrected chi connectivity index (χ3v) is 8.86. The second-order valence-electron chi connectivity index (χ2n) is 11.7. The Morgan fingerprint density at radius 1 is 0.548 bits per heavy atom. The van der Waals surface area contributed by atoms with Crippen molar-refractivity contribution >= 4 is 38.7 Å². The fourth-order valence-corrected chi connectivity index (χ4v) is 6.79. The Morgan fingerprint density at radius 3 is 2.10 bits per heavy atom. The molecule has 0 fully saturated rings. The highest BCUT2D eigenvalue weighted by Crippen LogP contribution is 2.54. The maximum absolute atomic E-state index is 5.08. The normalized spacial score (nSPS) is 13.6. The molecule has 0 spiro atoms. The molecule has 0 saturated heterocycles. The summed E-state index contributed by atoms with van der Waals surface area (Å²) in [7, 11) is 0. The van der Waals surface area contributed by atoms with Gasteiger partial charge >= 0.3 is 0 Å². The number of nitrogens with zero attached hydrogens (tertiary/aromatic N) is 2. The number of pyridine rings is 1. The van der Waals surface area contributed by atoms with E-state index in [1.54, 1.807) is 0 Å². The summed E-state index contributed by atoms with van der Waals surface area (Å²) in [6.45, 7) is 4.71. The Kier molecular flexibility index (Phi) is 5.52. The van der Waals surface area contributed by atoms with Crippen molar-refractivity contribution in [1.82, 2.24) is 4.98 Å². The molecule has 0 atom stereocenters. The van der Waals surface area contributed by atoms with Crippen LogP contribution in [0, 0.1) is 0 Å². The minimum Gasteiger partial charge on any atom is -0.294 e. The summed E-state index contributed by atoms with van der Waals surface area (Å²) in [5.41, 5.74) is 9.43. The van der Waals surface area contributed by atoms with E-state index in [0.29, 0.717) is 0 Å². The highest BCUT2D eigenvalue weighted by atomic mass is 15.2. The Bertz CT molecular complexity index is 2120. The second-order valence-corrected chi connectivity index (χ2v) is 11.7. The van der Waals surface area contributed by atoms with Gasteiger partial charge in [0.2, 0.25) is 0 Å². The molecule has 7 aromatic rings. The second kappa shape index (κ2) is 9.43. The number of anilines is 3. The quantitative estimate of drug-likeness (QED) is 0.222. The van der Waals surface area contributed by atoms with E-state index in [1.165, 1.54) is 60.6 Å². The van der Waals surface area contributed by atoms with E-state index in [2.05, 4.69) is 158 Å². The van der Waals surface area contributed by atoms with Crippen molar-refractivity contribution in [3.63, 3.8) is 0 Å². The molecule has 2 nitrogen and oxygen atoms in total. The molecular weight excluding hydrogens is 508 g/mol. The van der Waals surface area contributed by atoms with E-state index in [1.807, 2.05) is 6.20 Å². The van der Waals surface area contributed by atoms with Gasteiger partial charge in [-0.15, -0.1) is 0 Å². The topological polar surface area (TPSA) is 16.1 Å². The Hall–Kier alpha value is -5.21. The zero-order valence-electron chi connectivity index (χ0n) is 23.8. The van der Waals surface area contributed by atoms with Crippen LogP contribution in [0.5, 0.6) is 0 Å².